The Hall–Kier alpha value is -3.93. The van der Waals surface area contributed by atoms with E-state index in [1.165, 1.54) is 12.0 Å². The number of fused-ring (bicyclic) bond motifs is 1. The molecule has 0 N–H and O–H groups in total. The molecule has 4 rings (SSSR count). The van der Waals surface area contributed by atoms with E-state index in [9.17, 15) is 14.4 Å². The highest BCUT2D eigenvalue weighted by Crippen LogP contribution is 2.27. The summed E-state index contributed by atoms with van der Waals surface area (Å²) in [7, 11) is 1.53. The van der Waals surface area contributed by atoms with Crippen LogP contribution in [0.25, 0.3) is 0 Å². The van der Waals surface area contributed by atoms with Gasteiger partial charge >= 0.3 is 0 Å². The largest absolute Gasteiger partial charge is 0.497 e. The molecule has 0 saturated carbocycles. The number of imide groups is 1. The lowest BCUT2D eigenvalue weighted by Crippen LogP contribution is -2.44. The van der Waals surface area contributed by atoms with Crippen molar-refractivity contribution in [2.45, 2.75) is 0 Å². The van der Waals surface area contributed by atoms with Crippen molar-refractivity contribution in [2.24, 2.45) is 0 Å². The Morgan fingerprint density at radius 2 is 1.48 bits per heavy atom. The van der Waals surface area contributed by atoms with Gasteiger partial charge in [-0.05, 0) is 36.4 Å². The van der Waals surface area contributed by atoms with Gasteiger partial charge in [-0.15, -0.1) is 0 Å². The maximum atomic E-state index is 13.3. The van der Waals surface area contributed by atoms with Crippen molar-refractivity contribution in [1.82, 2.24) is 4.90 Å². The van der Waals surface area contributed by atoms with Crippen LogP contribution in [0.5, 0.6) is 5.75 Å². The third-order valence-electron chi connectivity index (χ3n) is 4.79. The lowest BCUT2D eigenvalue weighted by molar-refractivity contribution is 0.0650. The van der Waals surface area contributed by atoms with Crippen LogP contribution in [0.15, 0.2) is 78.9 Å². The topological polar surface area (TPSA) is 66.9 Å². The molecule has 29 heavy (non-hydrogen) atoms. The minimum atomic E-state index is -0.417. The lowest BCUT2D eigenvalue weighted by atomic mass is 10.1. The second kappa shape index (κ2) is 7.59. The molecule has 0 spiro atoms. The van der Waals surface area contributed by atoms with E-state index in [0.29, 0.717) is 28.1 Å². The second-order valence-corrected chi connectivity index (χ2v) is 6.53. The Labute approximate surface area is 167 Å². The molecular formula is C23H18N2O4. The first-order valence-electron chi connectivity index (χ1n) is 9.06. The van der Waals surface area contributed by atoms with Gasteiger partial charge in [0, 0.05) is 17.3 Å². The number of anilines is 1. The fourth-order valence-corrected chi connectivity index (χ4v) is 3.29. The predicted octanol–water partition coefficient (Wildman–Crippen LogP) is 3.60. The number of carbonyl (C=O) groups is 3. The van der Waals surface area contributed by atoms with Gasteiger partial charge in [-0.2, -0.15) is 0 Å². The number of amides is 3. The quantitative estimate of drug-likeness (QED) is 0.629. The molecule has 1 aliphatic heterocycles. The van der Waals surface area contributed by atoms with E-state index in [0.717, 1.165) is 4.90 Å². The van der Waals surface area contributed by atoms with Crippen molar-refractivity contribution in [2.75, 3.05) is 18.7 Å². The summed E-state index contributed by atoms with van der Waals surface area (Å²) in [6.07, 6.45) is 0. The van der Waals surface area contributed by atoms with Crippen LogP contribution in [0.1, 0.15) is 31.1 Å². The smallest absolute Gasteiger partial charge is 0.263 e. The van der Waals surface area contributed by atoms with Crippen LogP contribution >= 0.6 is 0 Å². The normalized spacial score (nSPS) is 12.7. The molecule has 144 valence electrons. The summed E-state index contributed by atoms with van der Waals surface area (Å²) in [5.41, 5.74) is 1.66. The van der Waals surface area contributed by atoms with Gasteiger partial charge in [0.25, 0.3) is 17.7 Å². The highest BCUT2D eigenvalue weighted by Gasteiger charge is 2.37. The molecule has 0 atom stereocenters. The summed E-state index contributed by atoms with van der Waals surface area (Å²) in [4.78, 5) is 41.3. The Morgan fingerprint density at radius 1 is 0.862 bits per heavy atom. The van der Waals surface area contributed by atoms with Gasteiger partial charge in [0.2, 0.25) is 0 Å². The SMILES string of the molecule is COc1cccc(N(CN2C(=O)c3ccccc3C2=O)C(=O)c2ccccc2)c1. The molecule has 0 saturated heterocycles. The zero-order chi connectivity index (χ0) is 20.4. The summed E-state index contributed by atoms with van der Waals surface area (Å²) < 4.78 is 5.27. The first kappa shape index (κ1) is 18.4. The molecule has 0 unspecified atom stereocenters. The van der Waals surface area contributed by atoms with Gasteiger partial charge in [-0.25, -0.2) is 0 Å². The molecule has 0 aromatic heterocycles. The van der Waals surface area contributed by atoms with E-state index in [1.807, 2.05) is 6.07 Å². The fourth-order valence-electron chi connectivity index (χ4n) is 3.29. The zero-order valence-corrected chi connectivity index (χ0v) is 15.7. The summed E-state index contributed by atoms with van der Waals surface area (Å²) >= 11 is 0. The van der Waals surface area contributed by atoms with Gasteiger partial charge in [-0.3, -0.25) is 24.2 Å². The maximum absolute atomic E-state index is 13.3. The van der Waals surface area contributed by atoms with Crippen LogP contribution in [-0.2, 0) is 0 Å². The second-order valence-electron chi connectivity index (χ2n) is 6.53. The summed E-state index contributed by atoms with van der Waals surface area (Å²) in [5, 5.41) is 0. The van der Waals surface area contributed by atoms with E-state index in [4.69, 9.17) is 4.74 Å². The molecule has 3 aromatic rings. The Morgan fingerprint density at radius 3 is 2.10 bits per heavy atom. The Kier molecular flexibility index (Phi) is 4.83. The molecule has 6 heteroatoms. The highest BCUT2D eigenvalue weighted by atomic mass is 16.5. The van der Waals surface area contributed by atoms with Gasteiger partial charge < -0.3 is 4.74 Å². The summed E-state index contributed by atoms with van der Waals surface area (Å²) in [6.45, 7) is -0.201. The monoisotopic (exact) mass is 386 g/mol. The van der Waals surface area contributed by atoms with Crippen molar-refractivity contribution >= 4 is 23.4 Å². The van der Waals surface area contributed by atoms with Crippen LogP contribution in [0.4, 0.5) is 5.69 Å². The van der Waals surface area contributed by atoms with Gasteiger partial charge in [0.15, 0.2) is 0 Å². The number of benzene rings is 3. The van der Waals surface area contributed by atoms with E-state index < -0.39 is 11.8 Å². The van der Waals surface area contributed by atoms with Crippen LogP contribution in [0.3, 0.4) is 0 Å². The van der Waals surface area contributed by atoms with Crippen LogP contribution in [0, 0.1) is 0 Å². The zero-order valence-electron chi connectivity index (χ0n) is 15.7. The summed E-state index contributed by atoms with van der Waals surface area (Å²) in [6, 6.07) is 22.3. The molecule has 0 radical (unpaired) electrons. The lowest BCUT2D eigenvalue weighted by Gasteiger charge is -2.27. The molecule has 0 aliphatic carbocycles. The molecule has 1 aliphatic rings. The number of hydrogen-bond acceptors (Lipinski definition) is 4. The molecule has 0 fully saturated rings. The van der Waals surface area contributed by atoms with Crippen molar-refractivity contribution < 1.29 is 19.1 Å². The predicted molar refractivity (Wildman–Crippen MR) is 108 cm³/mol. The Balaban J connectivity index is 1.72. The average Bonchev–Trinajstić information content (AvgIpc) is 3.02. The number of methoxy groups -OCH3 is 1. The highest BCUT2D eigenvalue weighted by molar-refractivity contribution is 6.22. The van der Waals surface area contributed by atoms with E-state index in [1.54, 1.807) is 72.8 Å². The van der Waals surface area contributed by atoms with Crippen molar-refractivity contribution in [3.05, 3.63) is 95.6 Å². The summed E-state index contributed by atoms with van der Waals surface area (Å²) in [5.74, 6) is -0.593. The molecule has 3 amide bonds. The van der Waals surface area contributed by atoms with Crippen LogP contribution < -0.4 is 9.64 Å². The standard InChI is InChI=1S/C23H18N2O4/c1-29-18-11-7-10-17(14-18)24(21(26)16-8-3-2-4-9-16)15-25-22(27)19-12-5-6-13-20(19)23(25)28/h2-14H,15H2,1H3. The van der Waals surface area contributed by atoms with E-state index in [2.05, 4.69) is 0 Å². The first-order chi connectivity index (χ1) is 14.1. The molecule has 6 nitrogen and oxygen atoms in total. The van der Waals surface area contributed by atoms with Crippen LogP contribution in [-0.4, -0.2) is 36.4 Å². The minimum Gasteiger partial charge on any atom is -0.497 e. The molecule has 1 heterocycles. The van der Waals surface area contributed by atoms with Gasteiger partial charge in [0.1, 0.15) is 12.4 Å². The van der Waals surface area contributed by atoms with Crippen molar-refractivity contribution in [3.63, 3.8) is 0 Å². The number of nitrogens with zero attached hydrogens (tertiary/aromatic N) is 2. The number of rotatable bonds is 5. The first-order valence-corrected chi connectivity index (χ1v) is 9.06. The number of ether oxygens (including phenoxy) is 1. The number of carbonyl (C=O) groups excluding carboxylic acids is 3. The molecular weight excluding hydrogens is 368 g/mol. The maximum Gasteiger partial charge on any atom is 0.263 e. The van der Waals surface area contributed by atoms with Gasteiger partial charge in [0.05, 0.1) is 18.2 Å². The third-order valence-corrected chi connectivity index (χ3v) is 4.79. The van der Waals surface area contributed by atoms with Crippen molar-refractivity contribution in [1.29, 1.82) is 0 Å². The molecule has 3 aromatic carbocycles. The number of hydrogen-bond donors (Lipinski definition) is 0. The van der Waals surface area contributed by atoms with E-state index in [-0.39, 0.29) is 12.6 Å². The van der Waals surface area contributed by atoms with Crippen molar-refractivity contribution in [3.8, 4) is 5.75 Å². The Bertz CT molecular complexity index is 1060. The molecule has 0 bridgehead atoms. The van der Waals surface area contributed by atoms with Gasteiger partial charge in [-0.1, -0.05) is 36.4 Å². The third kappa shape index (κ3) is 3.36. The fraction of sp³-hybridized carbons (Fsp3) is 0.0870. The minimum absolute atomic E-state index is 0.201. The van der Waals surface area contributed by atoms with Crippen LogP contribution in [0.2, 0.25) is 0 Å². The average molecular weight is 386 g/mol. The van der Waals surface area contributed by atoms with E-state index >= 15 is 0 Å².